The number of non-ortho nitro benzene ring substituents is 1. The fourth-order valence-electron chi connectivity index (χ4n) is 3.35. The molecule has 1 atom stereocenters. The van der Waals surface area contributed by atoms with Crippen LogP contribution in [-0.2, 0) is 14.3 Å². The summed E-state index contributed by atoms with van der Waals surface area (Å²) in [7, 11) is 2.35. The molecular weight excluding hydrogens is 456 g/mol. The van der Waals surface area contributed by atoms with E-state index < -0.39 is 34.7 Å². The molecule has 2 aromatic rings. The number of aliphatic imine (C=N–C) groups is 1. The second kappa shape index (κ2) is 10.1. The summed E-state index contributed by atoms with van der Waals surface area (Å²) < 4.78 is 43.2. The first kappa shape index (κ1) is 24.3. The van der Waals surface area contributed by atoms with E-state index in [0.717, 1.165) is 36.3 Å². The van der Waals surface area contributed by atoms with Gasteiger partial charge in [0.15, 0.2) is 11.6 Å². The van der Waals surface area contributed by atoms with E-state index in [9.17, 15) is 28.5 Å². The number of hydrogen-bond donors (Lipinski definition) is 0. The Morgan fingerprint density at radius 2 is 1.79 bits per heavy atom. The highest BCUT2D eigenvalue weighted by Gasteiger charge is 2.42. The van der Waals surface area contributed by atoms with Gasteiger partial charge in [-0.1, -0.05) is 13.0 Å². The molecule has 1 aliphatic rings. The van der Waals surface area contributed by atoms with Crippen molar-refractivity contribution in [1.29, 1.82) is 0 Å². The number of ether oxygens (including phenoxy) is 3. The number of halogens is 2. The van der Waals surface area contributed by atoms with Gasteiger partial charge in [0.25, 0.3) is 5.69 Å². The minimum absolute atomic E-state index is 0.0235. The van der Waals surface area contributed by atoms with Gasteiger partial charge in [0, 0.05) is 12.1 Å². The molecule has 0 N–H and O–H groups in total. The van der Waals surface area contributed by atoms with Crippen LogP contribution < -0.4 is 4.74 Å². The van der Waals surface area contributed by atoms with Gasteiger partial charge in [-0.05, 0) is 36.2 Å². The fourth-order valence-corrected chi connectivity index (χ4v) is 3.35. The van der Waals surface area contributed by atoms with E-state index in [4.69, 9.17) is 14.2 Å². The average molecular weight is 475 g/mol. The van der Waals surface area contributed by atoms with Crippen LogP contribution in [0.5, 0.6) is 5.75 Å². The molecule has 10 nitrogen and oxygen atoms in total. The van der Waals surface area contributed by atoms with Crippen molar-refractivity contribution < 1.29 is 37.5 Å². The molecule has 1 heterocycles. The molecule has 178 valence electrons. The SMILES string of the molecule is CCC1=C(C(=O)OC)C(c2ccc(F)c(F)c2)N(C(=O)Oc2ccc([N+](=O)[O-])cc2)C(OC)=N1. The second-order valence-electron chi connectivity index (χ2n) is 6.87. The zero-order valence-corrected chi connectivity index (χ0v) is 18.3. The Morgan fingerprint density at radius 1 is 1.12 bits per heavy atom. The van der Waals surface area contributed by atoms with Crippen molar-refractivity contribution >= 4 is 23.8 Å². The first-order chi connectivity index (χ1) is 16.2. The monoisotopic (exact) mass is 475 g/mol. The predicted octanol–water partition coefficient (Wildman–Crippen LogP) is 4.27. The molecule has 0 spiro atoms. The minimum atomic E-state index is -1.34. The maximum Gasteiger partial charge on any atom is 0.424 e. The molecule has 1 aliphatic heterocycles. The maximum atomic E-state index is 14.1. The lowest BCUT2D eigenvalue weighted by atomic mass is 9.93. The topological polar surface area (TPSA) is 121 Å². The van der Waals surface area contributed by atoms with Gasteiger partial charge in [-0.15, -0.1) is 0 Å². The highest BCUT2D eigenvalue weighted by molar-refractivity contribution is 6.00. The van der Waals surface area contributed by atoms with Gasteiger partial charge in [0.05, 0.1) is 30.4 Å². The van der Waals surface area contributed by atoms with Crippen molar-refractivity contribution in [3.8, 4) is 5.75 Å². The molecule has 0 saturated carbocycles. The number of nitro groups is 1. The summed E-state index contributed by atoms with van der Waals surface area (Å²) >= 11 is 0. The summed E-state index contributed by atoms with van der Waals surface area (Å²) in [6.45, 7) is 1.70. The Kier molecular flexibility index (Phi) is 7.19. The molecule has 0 fully saturated rings. The fraction of sp³-hybridized carbons (Fsp3) is 0.227. The molecule has 34 heavy (non-hydrogen) atoms. The van der Waals surface area contributed by atoms with Crippen molar-refractivity contribution in [2.45, 2.75) is 19.4 Å². The molecule has 12 heteroatoms. The summed E-state index contributed by atoms with van der Waals surface area (Å²) in [4.78, 5) is 41.2. The van der Waals surface area contributed by atoms with Gasteiger partial charge in [-0.2, -0.15) is 0 Å². The van der Waals surface area contributed by atoms with E-state index in [0.29, 0.717) is 0 Å². The number of nitro benzene ring substituents is 1. The number of amidine groups is 1. The van der Waals surface area contributed by atoms with Crippen LogP contribution in [0.2, 0.25) is 0 Å². The summed E-state index contributed by atoms with van der Waals surface area (Å²) in [5.74, 6) is -3.23. The molecule has 0 saturated heterocycles. The molecule has 0 bridgehead atoms. The Bertz CT molecular complexity index is 1200. The third-order valence-corrected chi connectivity index (χ3v) is 4.91. The second-order valence-corrected chi connectivity index (χ2v) is 6.87. The van der Waals surface area contributed by atoms with Crippen molar-refractivity contribution in [3.05, 3.63) is 81.0 Å². The van der Waals surface area contributed by atoms with Gasteiger partial charge >= 0.3 is 18.1 Å². The van der Waals surface area contributed by atoms with Crippen LogP contribution >= 0.6 is 0 Å². The number of nitrogens with zero attached hydrogens (tertiary/aromatic N) is 3. The lowest BCUT2D eigenvalue weighted by molar-refractivity contribution is -0.384. The van der Waals surface area contributed by atoms with E-state index in [1.54, 1.807) is 6.92 Å². The van der Waals surface area contributed by atoms with Crippen LogP contribution in [-0.4, -0.2) is 42.1 Å². The summed E-state index contributed by atoms with van der Waals surface area (Å²) in [6.07, 6.45) is -0.872. The highest BCUT2D eigenvalue weighted by Crippen LogP contribution is 2.38. The molecule has 3 rings (SSSR count). The molecule has 1 amide bonds. The van der Waals surface area contributed by atoms with Gasteiger partial charge in [0.2, 0.25) is 0 Å². The first-order valence-corrected chi connectivity index (χ1v) is 9.86. The summed E-state index contributed by atoms with van der Waals surface area (Å²) in [5, 5.41) is 10.9. The Morgan fingerprint density at radius 3 is 2.32 bits per heavy atom. The lowest BCUT2D eigenvalue weighted by Gasteiger charge is -2.35. The minimum Gasteiger partial charge on any atom is -0.468 e. The van der Waals surface area contributed by atoms with Crippen LogP contribution in [0.3, 0.4) is 0 Å². The molecule has 1 unspecified atom stereocenters. The van der Waals surface area contributed by atoms with Crippen molar-refractivity contribution in [3.63, 3.8) is 0 Å². The molecular formula is C22H19F2N3O7. The van der Waals surface area contributed by atoms with E-state index in [1.165, 1.54) is 25.3 Å². The van der Waals surface area contributed by atoms with E-state index in [2.05, 4.69) is 4.99 Å². The van der Waals surface area contributed by atoms with Crippen molar-refractivity contribution in [1.82, 2.24) is 4.90 Å². The van der Waals surface area contributed by atoms with E-state index >= 15 is 0 Å². The standard InChI is InChI=1S/C22H19F2N3O7/c1-4-17-18(20(28)32-2)19(12-5-10-15(23)16(24)11-12)26(21(25-17)33-3)22(29)34-14-8-6-13(7-9-14)27(30)31/h5-11,19H,4H2,1-3H3. The predicted molar refractivity (Wildman–Crippen MR) is 114 cm³/mol. The largest absolute Gasteiger partial charge is 0.468 e. The first-order valence-electron chi connectivity index (χ1n) is 9.86. The highest BCUT2D eigenvalue weighted by atomic mass is 19.2. The molecule has 0 aliphatic carbocycles. The molecule has 0 aromatic heterocycles. The Labute approximate surface area is 192 Å². The summed E-state index contributed by atoms with van der Waals surface area (Å²) in [6, 6.07) is 5.93. The number of rotatable bonds is 5. The molecule has 0 radical (unpaired) electrons. The number of esters is 1. The number of amides is 1. The van der Waals surface area contributed by atoms with Gasteiger partial charge < -0.3 is 14.2 Å². The normalized spacial score (nSPS) is 15.5. The number of carbonyl (C=O) groups is 2. The third-order valence-electron chi connectivity index (χ3n) is 4.91. The van der Waals surface area contributed by atoms with Gasteiger partial charge in [-0.25, -0.2) is 28.3 Å². The average Bonchev–Trinajstić information content (AvgIpc) is 2.84. The van der Waals surface area contributed by atoms with Crippen LogP contribution in [0.1, 0.15) is 24.9 Å². The maximum absolute atomic E-state index is 14.1. The number of allylic oxidation sites excluding steroid dienone is 1. The number of carbonyl (C=O) groups excluding carboxylic acids is 2. The van der Waals surface area contributed by atoms with Crippen LogP contribution in [0, 0.1) is 21.7 Å². The number of hydrogen-bond acceptors (Lipinski definition) is 8. The van der Waals surface area contributed by atoms with E-state index in [-0.39, 0.29) is 40.7 Å². The van der Waals surface area contributed by atoms with Gasteiger partial charge in [0.1, 0.15) is 11.8 Å². The molecule has 2 aromatic carbocycles. The summed E-state index contributed by atoms with van der Waals surface area (Å²) in [5.41, 5.74) is -0.0919. The lowest BCUT2D eigenvalue weighted by Crippen LogP contribution is -2.46. The van der Waals surface area contributed by atoms with E-state index in [1.807, 2.05) is 0 Å². The van der Waals surface area contributed by atoms with Gasteiger partial charge in [-0.3, -0.25) is 10.1 Å². The smallest absolute Gasteiger partial charge is 0.424 e. The Balaban J connectivity index is 2.12. The third kappa shape index (κ3) is 4.70. The zero-order valence-electron chi connectivity index (χ0n) is 18.3. The number of methoxy groups -OCH3 is 2. The van der Waals surface area contributed by atoms with Crippen LogP contribution in [0.25, 0.3) is 0 Å². The quantitative estimate of drug-likeness (QED) is 0.360. The number of benzene rings is 2. The van der Waals surface area contributed by atoms with Crippen molar-refractivity contribution in [2.24, 2.45) is 4.99 Å². The van der Waals surface area contributed by atoms with Crippen LogP contribution in [0.15, 0.2) is 58.7 Å². The zero-order chi connectivity index (χ0) is 25.0. The van der Waals surface area contributed by atoms with Crippen LogP contribution in [0.4, 0.5) is 19.3 Å². The Hall–Kier alpha value is -4.35. The van der Waals surface area contributed by atoms with Crippen molar-refractivity contribution in [2.75, 3.05) is 14.2 Å².